The van der Waals surface area contributed by atoms with Crippen LogP contribution in [0.4, 0.5) is 4.79 Å². The lowest BCUT2D eigenvalue weighted by Gasteiger charge is -2.34. The maximum atomic E-state index is 12.0. The molecular weight excluding hydrogens is 282 g/mol. The van der Waals surface area contributed by atoms with E-state index in [9.17, 15) is 9.59 Å². The van der Waals surface area contributed by atoms with E-state index in [-0.39, 0.29) is 24.3 Å². The van der Waals surface area contributed by atoms with E-state index in [0.717, 1.165) is 6.42 Å². The van der Waals surface area contributed by atoms with Crippen LogP contribution in [0.15, 0.2) is 22.8 Å². The fourth-order valence-corrected chi connectivity index (χ4v) is 2.01. The number of nitrogens with one attached hydrogen (secondary N) is 1. The van der Waals surface area contributed by atoms with Crippen LogP contribution in [0, 0.1) is 0 Å². The van der Waals surface area contributed by atoms with Gasteiger partial charge in [0.1, 0.15) is 0 Å². The summed E-state index contributed by atoms with van der Waals surface area (Å²) in [5.41, 5.74) is 0. The zero-order valence-electron chi connectivity index (χ0n) is 11.5. The molecule has 1 aliphatic heterocycles. The molecule has 1 N–H and O–H groups in total. The Morgan fingerprint density at radius 3 is 2.45 bits per heavy atom. The van der Waals surface area contributed by atoms with Crippen molar-refractivity contribution in [1.82, 2.24) is 15.1 Å². The second-order valence-corrected chi connectivity index (χ2v) is 4.49. The molecule has 0 unspecified atom stereocenters. The molecular formula is C13H20ClN3O3. The second-order valence-electron chi connectivity index (χ2n) is 4.49. The molecule has 6 nitrogen and oxygen atoms in total. The largest absolute Gasteiger partial charge is 0.459 e. The molecule has 0 atom stereocenters. The summed E-state index contributed by atoms with van der Waals surface area (Å²) < 4.78 is 5.09. The van der Waals surface area contributed by atoms with E-state index in [1.807, 2.05) is 6.92 Å². The number of urea groups is 1. The highest BCUT2D eigenvalue weighted by molar-refractivity contribution is 5.91. The van der Waals surface area contributed by atoms with Gasteiger partial charge in [-0.15, -0.1) is 12.4 Å². The van der Waals surface area contributed by atoms with E-state index in [1.165, 1.54) is 6.26 Å². The van der Waals surface area contributed by atoms with Crippen molar-refractivity contribution in [3.8, 4) is 0 Å². The minimum absolute atomic E-state index is 0. The molecule has 0 aliphatic carbocycles. The van der Waals surface area contributed by atoms with Crippen LogP contribution in [0.1, 0.15) is 23.9 Å². The standard InChI is InChI=1S/C13H19N3O3.ClH/c1-2-5-14-13(18)16-8-6-15(7-9-16)12(17)11-4-3-10-19-11;/h3-4,10H,2,5-9H2,1H3,(H,14,18);1H. The average molecular weight is 302 g/mol. The monoisotopic (exact) mass is 301 g/mol. The van der Waals surface area contributed by atoms with Gasteiger partial charge in [0.05, 0.1) is 6.26 Å². The van der Waals surface area contributed by atoms with Crippen LogP contribution in [0.5, 0.6) is 0 Å². The van der Waals surface area contributed by atoms with Crippen LogP contribution < -0.4 is 5.32 Å². The molecule has 7 heteroatoms. The first-order valence-electron chi connectivity index (χ1n) is 6.58. The number of hydrogen-bond acceptors (Lipinski definition) is 3. The summed E-state index contributed by atoms with van der Waals surface area (Å²) in [5, 5.41) is 2.84. The van der Waals surface area contributed by atoms with Crippen molar-refractivity contribution < 1.29 is 14.0 Å². The minimum Gasteiger partial charge on any atom is -0.459 e. The van der Waals surface area contributed by atoms with Crippen LogP contribution in [0.3, 0.4) is 0 Å². The second kappa shape index (κ2) is 7.79. The number of carbonyl (C=O) groups is 2. The van der Waals surface area contributed by atoms with Crippen molar-refractivity contribution in [1.29, 1.82) is 0 Å². The Morgan fingerprint density at radius 2 is 1.90 bits per heavy atom. The van der Waals surface area contributed by atoms with Crippen LogP contribution in [0.25, 0.3) is 0 Å². The molecule has 20 heavy (non-hydrogen) atoms. The molecule has 1 fully saturated rings. The maximum absolute atomic E-state index is 12.0. The average Bonchev–Trinajstić information content (AvgIpc) is 2.98. The summed E-state index contributed by atoms with van der Waals surface area (Å²) in [6.45, 7) is 4.90. The van der Waals surface area contributed by atoms with Gasteiger partial charge in [0, 0.05) is 32.7 Å². The van der Waals surface area contributed by atoms with Gasteiger partial charge in [0.25, 0.3) is 5.91 Å². The fourth-order valence-electron chi connectivity index (χ4n) is 2.01. The van der Waals surface area contributed by atoms with Crippen molar-refractivity contribution in [3.63, 3.8) is 0 Å². The summed E-state index contributed by atoms with van der Waals surface area (Å²) in [5.74, 6) is 0.238. The first-order chi connectivity index (χ1) is 9.22. The minimum atomic E-state index is -0.112. The third kappa shape index (κ3) is 3.90. The highest BCUT2D eigenvalue weighted by Gasteiger charge is 2.25. The molecule has 0 aromatic carbocycles. The molecule has 3 amide bonds. The normalized spacial score (nSPS) is 14.7. The number of furan rings is 1. The quantitative estimate of drug-likeness (QED) is 0.922. The zero-order chi connectivity index (χ0) is 13.7. The number of nitrogens with zero attached hydrogens (tertiary/aromatic N) is 2. The van der Waals surface area contributed by atoms with E-state index < -0.39 is 0 Å². The van der Waals surface area contributed by atoms with Crippen molar-refractivity contribution in [3.05, 3.63) is 24.2 Å². The van der Waals surface area contributed by atoms with E-state index in [1.54, 1.807) is 21.9 Å². The molecule has 1 aliphatic rings. The van der Waals surface area contributed by atoms with Gasteiger partial charge in [0.15, 0.2) is 5.76 Å². The lowest BCUT2D eigenvalue weighted by Crippen LogP contribution is -2.53. The third-order valence-corrected chi connectivity index (χ3v) is 3.11. The first-order valence-corrected chi connectivity index (χ1v) is 6.58. The molecule has 1 saturated heterocycles. The van der Waals surface area contributed by atoms with Gasteiger partial charge < -0.3 is 19.5 Å². The highest BCUT2D eigenvalue weighted by atomic mass is 35.5. The fraction of sp³-hybridized carbons (Fsp3) is 0.538. The molecule has 2 heterocycles. The van der Waals surface area contributed by atoms with E-state index in [4.69, 9.17) is 4.42 Å². The van der Waals surface area contributed by atoms with Gasteiger partial charge in [-0.2, -0.15) is 0 Å². The highest BCUT2D eigenvalue weighted by Crippen LogP contribution is 2.09. The number of amides is 3. The predicted molar refractivity (Wildman–Crippen MR) is 77.1 cm³/mol. The van der Waals surface area contributed by atoms with E-state index in [2.05, 4.69) is 5.32 Å². The van der Waals surface area contributed by atoms with Crippen LogP contribution in [-0.2, 0) is 0 Å². The number of halogens is 1. The summed E-state index contributed by atoms with van der Waals surface area (Å²) in [4.78, 5) is 27.2. The van der Waals surface area contributed by atoms with Crippen molar-refractivity contribution in [2.24, 2.45) is 0 Å². The summed E-state index contributed by atoms with van der Waals surface area (Å²) in [6, 6.07) is 3.30. The Morgan fingerprint density at radius 1 is 1.25 bits per heavy atom. The maximum Gasteiger partial charge on any atom is 0.317 e. The van der Waals surface area contributed by atoms with Crippen molar-refractivity contribution in [2.75, 3.05) is 32.7 Å². The summed E-state index contributed by atoms with van der Waals surface area (Å²) in [7, 11) is 0. The Bertz CT molecular complexity index is 428. The number of piperazine rings is 1. The number of carbonyl (C=O) groups excluding carboxylic acids is 2. The first kappa shape index (κ1) is 16.4. The zero-order valence-corrected chi connectivity index (χ0v) is 12.3. The molecule has 0 bridgehead atoms. The topological polar surface area (TPSA) is 65.8 Å². The number of rotatable bonds is 3. The third-order valence-electron chi connectivity index (χ3n) is 3.11. The SMILES string of the molecule is CCCNC(=O)N1CCN(C(=O)c2ccco2)CC1.Cl. The molecule has 2 rings (SSSR count). The van der Waals surface area contributed by atoms with Gasteiger partial charge in [-0.25, -0.2) is 4.79 Å². The van der Waals surface area contributed by atoms with Gasteiger partial charge in [-0.05, 0) is 18.6 Å². The van der Waals surface area contributed by atoms with Gasteiger partial charge in [-0.3, -0.25) is 4.79 Å². The lowest BCUT2D eigenvalue weighted by atomic mass is 10.3. The van der Waals surface area contributed by atoms with Crippen LogP contribution in [-0.4, -0.2) is 54.5 Å². The Balaban J connectivity index is 0.00000200. The molecule has 1 aromatic rings. The Kier molecular flexibility index (Phi) is 6.38. The summed E-state index contributed by atoms with van der Waals surface area (Å²) >= 11 is 0. The molecule has 0 radical (unpaired) electrons. The molecule has 112 valence electrons. The van der Waals surface area contributed by atoms with E-state index in [0.29, 0.717) is 38.5 Å². The molecule has 0 saturated carbocycles. The predicted octanol–water partition coefficient (Wildman–Crippen LogP) is 1.58. The lowest BCUT2D eigenvalue weighted by molar-refractivity contribution is 0.0634. The molecule has 1 aromatic heterocycles. The Hall–Kier alpha value is -1.69. The van der Waals surface area contributed by atoms with Gasteiger partial charge in [-0.1, -0.05) is 6.92 Å². The van der Waals surface area contributed by atoms with Gasteiger partial charge >= 0.3 is 6.03 Å². The van der Waals surface area contributed by atoms with Crippen molar-refractivity contribution in [2.45, 2.75) is 13.3 Å². The van der Waals surface area contributed by atoms with Crippen LogP contribution in [0.2, 0.25) is 0 Å². The summed E-state index contributed by atoms with van der Waals surface area (Å²) in [6.07, 6.45) is 2.41. The van der Waals surface area contributed by atoms with Crippen LogP contribution >= 0.6 is 12.4 Å². The number of hydrogen-bond donors (Lipinski definition) is 1. The van der Waals surface area contributed by atoms with Crippen molar-refractivity contribution >= 4 is 24.3 Å². The van der Waals surface area contributed by atoms with E-state index >= 15 is 0 Å². The molecule has 0 spiro atoms. The smallest absolute Gasteiger partial charge is 0.317 e. The Labute approximate surface area is 124 Å². The van der Waals surface area contributed by atoms with Gasteiger partial charge in [0.2, 0.25) is 0 Å².